The van der Waals surface area contributed by atoms with Crippen LogP contribution in [0.1, 0.15) is 19.4 Å². The summed E-state index contributed by atoms with van der Waals surface area (Å²) < 4.78 is 1.94. The van der Waals surface area contributed by atoms with Gasteiger partial charge in [-0.15, -0.1) is 0 Å². The molecule has 2 atom stereocenters. The highest BCUT2D eigenvalue weighted by Gasteiger charge is 2.24. The second kappa shape index (κ2) is 3.01. The lowest BCUT2D eigenvalue weighted by Gasteiger charge is -2.10. The Morgan fingerprint density at radius 2 is 2.58 bits per heavy atom. The normalized spacial score (nSPS) is 29.4. The van der Waals surface area contributed by atoms with Crippen molar-refractivity contribution in [1.29, 1.82) is 0 Å². The molecule has 1 fully saturated rings. The van der Waals surface area contributed by atoms with Crippen LogP contribution in [0.15, 0.2) is 12.3 Å². The van der Waals surface area contributed by atoms with Crippen LogP contribution < -0.4 is 5.73 Å². The summed E-state index contributed by atoms with van der Waals surface area (Å²) in [6.07, 6.45) is 2.96. The summed E-state index contributed by atoms with van der Waals surface area (Å²) in [5, 5.41) is 4.96. The molecule has 0 aliphatic carbocycles. The van der Waals surface area contributed by atoms with Gasteiger partial charge in [-0.25, -0.2) is 4.68 Å². The maximum absolute atomic E-state index is 5.76. The van der Waals surface area contributed by atoms with Crippen LogP contribution in [0, 0.1) is 0 Å². The third-order valence-corrected chi connectivity index (χ3v) is 3.56. The van der Waals surface area contributed by atoms with E-state index in [1.54, 1.807) is 6.20 Å². The molecule has 2 N–H and O–H groups in total. The minimum atomic E-state index is 0.514. The maximum Gasteiger partial charge on any atom is 0.121 e. The Morgan fingerprint density at radius 1 is 1.75 bits per heavy atom. The van der Waals surface area contributed by atoms with Gasteiger partial charge in [0.05, 0.1) is 12.2 Å². The Kier molecular flexibility index (Phi) is 2.00. The van der Waals surface area contributed by atoms with Crippen LogP contribution in [-0.2, 0) is 0 Å². The molecule has 0 spiro atoms. The molecule has 1 aliphatic heterocycles. The monoisotopic (exact) mass is 183 g/mol. The predicted molar refractivity (Wildman–Crippen MR) is 52.2 cm³/mol. The summed E-state index contributed by atoms with van der Waals surface area (Å²) in [6, 6.07) is 2.37. The van der Waals surface area contributed by atoms with E-state index in [4.69, 9.17) is 5.73 Å². The zero-order valence-electron chi connectivity index (χ0n) is 7.10. The summed E-state index contributed by atoms with van der Waals surface area (Å²) in [4.78, 5) is 0. The first kappa shape index (κ1) is 7.98. The maximum atomic E-state index is 5.76. The molecule has 1 aliphatic rings. The van der Waals surface area contributed by atoms with Crippen molar-refractivity contribution in [3.8, 4) is 0 Å². The molecule has 12 heavy (non-hydrogen) atoms. The fourth-order valence-electron chi connectivity index (χ4n) is 1.59. The van der Waals surface area contributed by atoms with Gasteiger partial charge in [-0.1, -0.05) is 6.92 Å². The topological polar surface area (TPSA) is 43.8 Å². The number of nitrogens with two attached hydrogens (primary N) is 1. The van der Waals surface area contributed by atoms with E-state index in [1.165, 1.54) is 6.42 Å². The molecule has 0 radical (unpaired) electrons. The first-order chi connectivity index (χ1) is 5.77. The van der Waals surface area contributed by atoms with Crippen molar-refractivity contribution < 1.29 is 0 Å². The average Bonchev–Trinajstić information content (AvgIpc) is 2.58. The SMILES string of the molecule is CC1CC(n2nccc2N)CS1. The fraction of sp³-hybridized carbons (Fsp3) is 0.625. The van der Waals surface area contributed by atoms with Crippen molar-refractivity contribution in [2.24, 2.45) is 0 Å². The van der Waals surface area contributed by atoms with Crippen molar-refractivity contribution in [3.05, 3.63) is 12.3 Å². The largest absolute Gasteiger partial charge is 0.384 e. The molecule has 4 heteroatoms. The van der Waals surface area contributed by atoms with Gasteiger partial charge in [0.1, 0.15) is 5.82 Å². The number of hydrogen-bond donors (Lipinski definition) is 1. The molecule has 0 saturated carbocycles. The fourth-order valence-corrected chi connectivity index (χ4v) is 2.78. The summed E-state index contributed by atoms with van der Waals surface area (Å²) in [5.74, 6) is 1.93. The third-order valence-electron chi connectivity index (χ3n) is 2.22. The van der Waals surface area contributed by atoms with E-state index in [0.717, 1.165) is 16.8 Å². The van der Waals surface area contributed by atoms with E-state index in [0.29, 0.717) is 6.04 Å². The highest BCUT2D eigenvalue weighted by atomic mass is 32.2. The number of aromatic nitrogens is 2. The molecule has 1 saturated heterocycles. The molecule has 3 nitrogen and oxygen atoms in total. The zero-order chi connectivity index (χ0) is 8.55. The third kappa shape index (κ3) is 1.31. The zero-order valence-corrected chi connectivity index (χ0v) is 7.92. The standard InChI is InChI=1S/C8H13N3S/c1-6-4-7(5-12-6)11-8(9)2-3-10-11/h2-3,6-7H,4-5,9H2,1H3. The Hall–Kier alpha value is -0.640. The predicted octanol–water partition coefficient (Wildman–Crippen LogP) is 1.53. The van der Waals surface area contributed by atoms with E-state index >= 15 is 0 Å². The Morgan fingerprint density at radius 3 is 3.08 bits per heavy atom. The molecule has 2 heterocycles. The second-order valence-electron chi connectivity index (χ2n) is 3.23. The first-order valence-electron chi connectivity index (χ1n) is 4.18. The minimum Gasteiger partial charge on any atom is -0.384 e. The minimum absolute atomic E-state index is 0.514. The van der Waals surface area contributed by atoms with Crippen LogP contribution in [-0.4, -0.2) is 20.8 Å². The van der Waals surface area contributed by atoms with Gasteiger partial charge in [0.2, 0.25) is 0 Å². The highest BCUT2D eigenvalue weighted by molar-refractivity contribution is 8.00. The lowest BCUT2D eigenvalue weighted by Crippen LogP contribution is -2.12. The number of rotatable bonds is 1. The van der Waals surface area contributed by atoms with Gasteiger partial charge >= 0.3 is 0 Å². The summed E-state index contributed by atoms with van der Waals surface area (Å²) in [6.45, 7) is 2.25. The van der Waals surface area contributed by atoms with Gasteiger partial charge in [-0.3, -0.25) is 0 Å². The van der Waals surface area contributed by atoms with E-state index < -0.39 is 0 Å². The van der Waals surface area contributed by atoms with Crippen molar-refractivity contribution in [1.82, 2.24) is 9.78 Å². The average molecular weight is 183 g/mol. The highest BCUT2D eigenvalue weighted by Crippen LogP contribution is 2.34. The number of thioether (sulfide) groups is 1. The Bertz CT molecular complexity index is 271. The van der Waals surface area contributed by atoms with Crippen LogP contribution in [0.5, 0.6) is 0 Å². The van der Waals surface area contributed by atoms with Crippen LogP contribution in [0.2, 0.25) is 0 Å². The van der Waals surface area contributed by atoms with Gasteiger partial charge in [0, 0.05) is 11.0 Å². The van der Waals surface area contributed by atoms with E-state index in [9.17, 15) is 0 Å². The van der Waals surface area contributed by atoms with E-state index in [-0.39, 0.29) is 0 Å². The van der Waals surface area contributed by atoms with Crippen molar-refractivity contribution in [2.75, 3.05) is 11.5 Å². The van der Waals surface area contributed by atoms with Crippen LogP contribution in [0.25, 0.3) is 0 Å². The van der Waals surface area contributed by atoms with Crippen LogP contribution in [0.3, 0.4) is 0 Å². The molecule has 0 aromatic carbocycles. The van der Waals surface area contributed by atoms with Crippen molar-refractivity contribution >= 4 is 17.6 Å². The Balaban J connectivity index is 2.16. The molecular weight excluding hydrogens is 170 g/mol. The summed E-state index contributed by atoms with van der Waals surface area (Å²) in [7, 11) is 0. The molecule has 66 valence electrons. The molecular formula is C8H13N3S. The van der Waals surface area contributed by atoms with Gasteiger partial charge in [-0.05, 0) is 12.5 Å². The second-order valence-corrected chi connectivity index (χ2v) is 4.71. The number of nitrogens with zero attached hydrogens (tertiary/aromatic N) is 2. The van der Waals surface area contributed by atoms with Gasteiger partial charge in [0.15, 0.2) is 0 Å². The smallest absolute Gasteiger partial charge is 0.121 e. The van der Waals surface area contributed by atoms with Gasteiger partial charge in [-0.2, -0.15) is 16.9 Å². The summed E-state index contributed by atoms with van der Waals surface area (Å²) in [5.41, 5.74) is 5.76. The molecule has 1 aromatic rings. The van der Waals surface area contributed by atoms with Crippen LogP contribution >= 0.6 is 11.8 Å². The first-order valence-corrected chi connectivity index (χ1v) is 5.23. The van der Waals surface area contributed by atoms with E-state index in [1.807, 2.05) is 22.5 Å². The lowest BCUT2D eigenvalue weighted by molar-refractivity contribution is 0.491. The van der Waals surface area contributed by atoms with E-state index in [2.05, 4.69) is 12.0 Å². The molecule has 2 rings (SSSR count). The Labute approximate surface area is 76.3 Å². The van der Waals surface area contributed by atoms with Crippen LogP contribution in [0.4, 0.5) is 5.82 Å². The summed E-state index contributed by atoms with van der Waals surface area (Å²) >= 11 is 2.00. The molecule has 2 unspecified atom stereocenters. The molecule has 0 bridgehead atoms. The number of anilines is 1. The quantitative estimate of drug-likeness (QED) is 0.718. The van der Waals surface area contributed by atoms with Gasteiger partial charge in [0.25, 0.3) is 0 Å². The van der Waals surface area contributed by atoms with Crippen molar-refractivity contribution in [3.63, 3.8) is 0 Å². The number of hydrogen-bond acceptors (Lipinski definition) is 3. The molecule has 0 amide bonds. The lowest BCUT2D eigenvalue weighted by atomic mass is 10.2. The molecule has 1 aromatic heterocycles. The number of nitrogen functional groups attached to an aromatic ring is 1. The van der Waals surface area contributed by atoms with Gasteiger partial charge < -0.3 is 5.73 Å². The van der Waals surface area contributed by atoms with Crippen molar-refractivity contribution in [2.45, 2.75) is 24.6 Å².